The molecule has 0 aromatic heterocycles. The number of rotatable bonds is 23. The Morgan fingerprint density at radius 1 is 0.848 bits per heavy atom. The van der Waals surface area contributed by atoms with Gasteiger partial charge in [0, 0.05) is 43.5 Å². The van der Waals surface area contributed by atoms with Gasteiger partial charge in [0.25, 0.3) is 0 Å². The summed E-state index contributed by atoms with van der Waals surface area (Å²) < 4.78 is 55.1. The molecule has 2 N–H and O–H groups in total. The van der Waals surface area contributed by atoms with E-state index in [2.05, 4.69) is 15.5 Å². The number of alkyl carbamates (subject to hydrolysis) is 1. The summed E-state index contributed by atoms with van der Waals surface area (Å²) in [4.78, 5) is 28.2. The standard InChI is InChI=1S/C30H53Cl2N3O9P2/c1-8-40-45(38,41-9-2)27(46(39,42-10-3)43-11-4)13-12-20-33-28(36)26(34-29(37)44-30(5,6)7)23-24-14-16-25(17-15-24)35(21-18-31)22-19-32/h14-17,26-27H,8-13,18-23H2,1-7H3,(H,33,36)(H,34,37)/t26-/m0/s1. The van der Waals surface area contributed by atoms with Crippen molar-refractivity contribution in [2.45, 2.75) is 84.8 Å². The fourth-order valence-electron chi connectivity index (χ4n) is 4.56. The van der Waals surface area contributed by atoms with Crippen LogP contribution in [0.3, 0.4) is 0 Å². The Balaban J connectivity index is 3.14. The molecule has 1 aromatic rings. The SMILES string of the molecule is CCOP(=O)(OCC)C(CCCNC(=O)[C@H](Cc1ccc(N(CCCl)CCCl)cc1)NC(=O)OC(C)(C)C)P(=O)(OCC)OCC. The molecule has 0 radical (unpaired) electrons. The normalized spacial score (nSPS) is 13.0. The summed E-state index contributed by atoms with van der Waals surface area (Å²) in [5.41, 5.74) is 0.981. The van der Waals surface area contributed by atoms with Crippen molar-refractivity contribution in [1.82, 2.24) is 10.6 Å². The van der Waals surface area contributed by atoms with Crippen molar-refractivity contribution in [3.8, 4) is 0 Å². The lowest BCUT2D eigenvalue weighted by Gasteiger charge is -2.31. The molecule has 0 heterocycles. The fraction of sp³-hybridized carbons (Fsp3) is 0.733. The van der Waals surface area contributed by atoms with Crippen LogP contribution in [-0.2, 0) is 43.2 Å². The third-order valence-corrected chi connectivity index (χ3v) is 12.8. The van der Waals surface area contributed by atoms with Crippen LogP contribution < -0.4 is 15.5 Å². The number of benzene rings is 1. The van der Waals surface area contributed by atoms with Crippen LogP contribution in [0, 0.1) is 0 Å². The van der Waals surface area contributed by atoms with Gasteiger partial charge in [-0.3, -0.25) is 13.9 Å². The number of halogens is 2. The highest BCUT2D eigenvalue weighted by atomic mass is 35.5. The number of hydrogen-bond acceptors (Lipinski definition) is 10. The summed E-state index contributed by atoms with van der Waals surface area (Å²) in [5, 5.41) is 4.32. The lowest BCUT2D eigenvalue weighted by Crippen LogP contribution is -2.49. The van der Waals surface area contributed by atoms with E-state index in [0.29, 0.717) is 24.8 Å². The molecule has 2 amide bonds. The van der Waals surface area contributed by atoms with Gasteiger partial charge in [-0.1, -0.05) is 12.1 Å². The minimum atomic E-state index is -3.92. The predicted octanol–water partition coefficient (Wildman–Crippen LogP) is 7.16. The lowest BCUT2D eigenvalue weighted by molar-refractivity contribution is -0.123. The number of nitrogens with one attached hydrogen (secondary N) is 2. The minimum Gasteiger partial charge on any atom is -0.444 e. The van der Waals surface area contributed by atoms with Crippen molar-refractivity contribution in [2.24, 2.45) is 0 Å². The van der Waals surface area contributed by atoms with Crippen LogP contribution in [0.2, 0.25) is 0 Å². The molecule has 0 unspecified atom stereocenters. The van der Waals surface area contributed by atoms with E-state index in [1.807, 2.05) is 24.3 Å². The molecule has 266 valence electrons. The first-order valence-electron chi connectivity index (χ1n) is 15.7. The van der Waals surface area contributed by atoms with Crippen molar-refractivity contribution in [3.05, 3.63) is 29.8 Å². The van der Waals surface area contributed by atoms with Crippen LogP contribution in [-0.4, -0.2) is 86.9 Å². The van der Waals surface area contributed by atoms with Gasteiger partial charge >= 0.3 is 21.3 Å². The van der Waals surface area contributed by atoms with Crippen LogP contribution in [0.5, 0.6) is 0 Å². The molecule has 12 nitrogen and oxygen atoms in total. The molecule has 0 aliphatic heterocycles. The van der Waals surface area contributed by atoms with Crippen LogP contribution in [0.15, 0.2) is 24.3 Å². The van der Waals surface area contributed by atoms with Crippen molar-refractivity contribution in [1.29, 1.82) is 0 Å². The number of ether oxygens (including phenoxy) is 1. The topological polar surface area (TPSA) is 142 Å². The average Bonchev–Trinajstić information content (AvgIpc) is 2.96. The van der Waals surface area contributed by atoms with Gasteiger partial charge in [0.05, 0.1) is 26.4 Å². The molecule has 0 aliphatic rings. The number of carbonyl (C=O) groups excluding carboxylic acids is 2. The third kappa shape index (κ3) is 14.8. The first-order chi connectivity index (χ1) is 21.7. The summed E-state index contributed by atoms with van der Waals surface area (Å²) in [6.45, 7) is 13.5. The van der Waals surface area contributed by atoms with E-state index in [0.717, 1.165) is 11.3 Å². The Kier molecular flexibility index (Phi) is 20.0. The minimum absolute atomic E-state index is 0.0571. The largest absolute Gasteiger partial charge is 0.444 e. The van der Waals surface area contributed by atoms with Crippen molar-refractivity contribution < 1.29 is 41.6 Å². The number of hydrogen-bond donors (Lipinski definition) is 2. The third-order valence-electron chi connectivity index (χ3n) is 6.36. The highest BCUT2D eigenvalue weighted by molar-refractivity contribution is 7.72. The molecule has 16 heteroatoms. The zero-order chi connectivity index (χ0) is 34.8. The van der Waals surface area contributed by atoms with Gasteiger partial charge in [0.15, 0.2) is 5.40 Å². The molecule has 0 aliphatic carbocycles. The number of alkyl halides is 2. The predicted molar refractivity (Wildman–Crippen MR) is 185 cm³/mol. The molecule has 0 bridgehead atoms. The van der Waals surface area contributed by atoms with Crippen LogP contribution in [0.1, 0.15) is 66.9 Å². The van der Waals surface area contributed by atoms with E-state index in [-0.39, 0.29) is 52.2 Å². The zero-order valence-electron chi connectivity index (χ0n) is 28.2. The van der Waals surface area contributed by atoms with Gasteiger partial charge in [-0.15, -0.1) is 23.2 Å². The van der Waals surface area contributed by atoms with E-state index < -0.39 is 44.2 Å². The Bertz CT molecular complexity index is 1080. The second-order valence-corrected chi connectivity index (χ2v) is 16.7. The van der Waals surface area contributed by atoms with Gasteiger partial charge in [-0.25, -0.2) is 4.79 Å². The number of carbonyl (C=O) groups is 2. The number of amides is 2. The van der Waals surface area contributed by atoms with Crippen LogP contribution >= 0.6 is 38.4 Å². The van der Waals surface area contributed by atoms with Crippen molar-refractivity contribution >= 4 is 56.1 Å². The van der Waals surface area contributed by atoms with Crippen LogP contribution in [0.4, 0.5) is 10.5 Å². The van der Waals surface area contributed by atoms with E-state index in [9.17, 15) is 18.7 Å². The van der Waals surface area contributed by atoms with Gasteiger partial charge in [-0.2, -0.15) is 0 Å². The summed E-state index contributed by atoms with van der Waals surface area (Å²) in [6, 6.07) is 6.63. The molecule has 0 spiro atoms. The Labute approximate surface area is 284 Å². The first kappa shape index (κ1) is 42.7. The van der Waals surface area contributed by atoms with Gasteiger partial charge in [-0.05, 0) is 79.0 Å². The molecular formula is C30H53Cl2N3O9P2. The highest BCUT2D eigenvalue weighted by Gasteiger charge is 2.50. The summed E-state index contributed by atoms with van der Waals surface area (Å²) in [6.07, 6.45) is -0.243. The first-order valence-corrected chi connectivity index (χ1v) is 20.0. The summed E-state index contributed by atoms with van der Waals surface area (Å²) in [5.74, 6) is 0.448. The Morgan fingerprint density at radius 2 is 1.33 bits per heavy atom. The van der Waals surface area contributed by atoms with E-state index in [1.54, 1.807) is 48.5 Å². The molecule has 1 atom stereocenters. The summed E-state index contributed by atoms with van der Waals surface area (Å²) in [7, 11) is -7.83. The number of nitrogens with zero attached hydrogens (tertiary/aromatic N) is 1. The Morgan fingerprint density at radius 3 is 1.74 bits per heavy atom. The van der Waals surface area contributed by atoms with E-state index in [4.69, 9.17) is 46.0 Å². The highest BCUT2D eigenvalue weighted by Crippen LogP contribution is 2.71. The molecule has 0 saturated heterocycles. The molecular weight excluding hydrogens is 679 g/mol. The monoisotopic (exact) mass is 731 g/mol. The van der Waals surface area contributed by atoms with Gasteiger partial charge in [0.1, 0.15) is 11.6 Å². The molecule has 0 fully saturated rings. The molecule has 46 heavy (non-hydrogen) atoms. The second-order valence-electron chi connectivity index (χ2n) is 11.1. The lowest BCUT2D eigenvalue weighted by atomic mass is 10.0. The van der Waals surface area contributed by atoms with Crippen molar-refractivity contribution in [2.75, 3.05) is 62.7 Å². The second kappa shape index (κ2) is 21.6. The maximum absolute atomic E-state index is 13.8. The summed E-state index contributed by atoms with van der Waals surface area (Å²) >= 11 is 11.9. The smallest absolute Gasteiger partial charge is 0.408 e. The van der Waals surface area contributed by atoms with E-state index >= 15 is 0 Å². The maximum atomic E-state index is 13.8. The molecule has 0 saturated carbocycles. The Hall–Kier alpha value is -1.36. The van der Waals surface area contributed by atoms with Gasteiger partial charge < -0.3 is 38.4 Å². The maximum Gasteiger partial charge on any atom is 0.408 e. The molecule has 1 aromatic carbocycles. The zero-order valence-corrected chi connectivity index (χ0v) is 31.5. The van der Waals surface area contributed by atoms with Crippen LogP contribution in [0.25, 0.3) is 0 Å². The van der Waals surface area contributed by atoms with Gasteiger partial charge in [0.2, 0.25) is 5.91 Å². The quantitative estimate of drug-likeness (QED) is 0.0676. The van der Waals surface area contributed by atoms with Crippen molar-refractivity contribution in [3.63, 3.8) is 0 Å². The van der Waals surface area contributed by atoms with E-state index in [1.165, 1.54) is 0 Å². The molecule has 1 rings (SSSR count). The number of anilines is 1. The average molecular weight is 733 g/mol. The fourth-order valence-corrected chi connectivity index (χ4v) is 10.4.